The lowest BCUT2D eigenvalue weighted by molar-refractivity contribution is 0.0891. The van der Waals surface area contributed by atoms with E-state index in [9.17, 15) is 0 Å². The zero-order chi connectivity index (χ0) is 10.8. The van der Waals surface area contributed by atoms with Gasteiger partial charge in [0.15, 0.2) is 0 Å². The summed E-state index contributed by atoms with van der Waals surface area (Å²) in [5.74, 6) is 0.924. The lowest BCUT2D eigenvalue weighted by atomic mass is 9.92. The summed E-state index contributed by atoms with van der Waals surface area (Å²) in [4.78, 5) is 0. The smallest absolute Gasteiger partial charge is 0.125 e. The summed E-state index contributed by atoms with van der Waals surface area (Å²) in [5.41, 5.74) is 2.46. The standard InChI is InChI=1S/C12H17NO2/c1-8-9-5-4-6-10(14-2)12(9)11(15-3)7-13-8/h4-6,8,11,13H,7H2,1-3H3/t8-,11?/m0/s1. The number of hydrogen-bond acceptors (Lipinski definition) is 3. The molecule has 0 amide bonds. The predicted molar refractivity (Wildman–Crippen MR) is 59.2 cm³/mol. The van der Waals surface area contributed by atoms with Crippen molar-refractivity contribution in [1.29, 1.82) is 0 Å². The number of fused-ring (bicyclic) bond motifs is 1. The molecule has 0 radical (unpaired) electrons. The van der Waals surface area contributed by atoms with Crippen molar-refractivity contribution in [3.8, 4) is 5.75 Å². The molecule has 15 heavy (non-hydrogen) atoms. The molecule has 0 fully saturated rings. The Balaban J connectivity index is 2.51. The van der Waals surface area contributed by atoms with Gasteiger partial charge in [0.05, 0.1) is 13.2 Å². The van der Waals surface area contributed by atoms with Crippen LogP contribution in [-0.4, -0.2) is 20.8 Å². The third-order valence-electron chi connectivity index (χ3n) is 3.00. The molecule has 3 nitrogen and oxygen atoms in total. The van der Waals surface area contributed by atoms with E-state index in [-0.39, 0.29) is 6.10 Å². The SMILES string of the molecule is COc1cccc2c1C(OC)CN[C@H]2C. The van der Waals surface area contributed by atoms with Crippen LogP contribution in [-0.2, 0) is 4.74 Å². The molecule has 0 aliphatic carbocycles. The van der Waals surface area contributed by atoms with Gasteiger partial charge in [-0.15, -0.1) is 0 Å². The van der Waals surface area contributed by atoms with E-state index in [1.807, 2.05) is 12.1 Å². The maximum absolute atomic E-state index is 5.47. The average molecular weight is 207 g/mol. The van der Waals surface area contributed by atoms with Crippen LogP contribution >= 0.6 is 0 Å². The quantitative estimate of drug-likeness (QED) is 0.805. The Morgan fingerprint density at radius 3 is 2.80 bits per heavy atom. The third-order valence-corrected chi connectivity index (χ3v) is 3.00. The van der Waals surface area contributed by atoms with Gasteiger partial charge in [-0.1, -0.05) is 12.1 Å². The van der Waals surface area contributed by atoms with Crippen LogP contribution in [0.5, 0.6) is 5.75 Å². The molecular weight excluding hydrogens is 190 g/mol. The fourth-order valence-electron chi connectivity index (χ4n) is 2.16. The molecule has 1 aliphatic rings. The highest BCUT2D eigenvalue weighted by atomic mass is 16.5. The molecule has 2 atom stereocenters. The van der Waals surface area contributed by atoms with E-state index in [0.717, 1.165) is 12.3 Å². The molecule has 0 aromatic heterocycles. The lowest BCUT2D eigenvalue weighted by Gasteiger charge is -2.31. The molecule has 1 aliphatic heterocycles. The summed E-state index contributed by atoms with van der Waals surface area (Å²) in [5, 5.41) is 3.41. The molecule has 82 valence electrons. The van der Waals surface area contributed by atoms with Gasteiger partial charge in [-0.3, -0.25) is 0 Å². The van der Waals surface area contributed by atoms with E-state index in [4.69, 9.17) is 9.47 Å². The van der Waals surface area contributed by atoms with E-state index >= 15 is 0 Å². The van der Waals surface area contributed by atoms with E-state index in [2.05, 4.69) is 18.3 Å². The van der Waals surface area contributed by atoms with E-state index in [1.165, 1.54) is 11.1 Å². The van der Waals surface area contributed by atoms with Gasteiger partial charge in [0, 0.05) is 25.3 Å². The van der Waals surface area contributed by atoms with Gasteiger partial charge in [-0.05, 0) is 18.6 Å². The second-order valence-electron chi connectivity index (χ2n) is 3.82. The first-order valence-corrected chi connectivity index (χ1v) is 5.21. The summed E-state index contributed by atoms with van der Waals surface area (Å²) in [7, 11) is 3.44. The molecular formula is C12H17NO2. The summed E-state index contributed by atoms with van der Waals surface area (Å²) in [6, 6.07) is 6.50. The molecule has 0 spiro atoms. The van der Waals surface area contributed by atoms with Gasteiger partial charge < -0.3 is 14.8 Å². The number of hydrogen-bond donors (Lipinski definition) is 1. The summed E-state index contributed by atoms with van der Waals surface area (Å²) < 4.78 is 10.9. The van der Waals surface area contributed by atoms with Crippen molar-refractivity contribution in [3.63, 3.8) is 0 Å². The Bertz CT molecular complexity index is 351. The van der Waals surface area contributed by atoms with Crippen molar-refractivity contribution >= 4 is 0 Å². The van der Waals surface area contributed by atoms with Crippen LogP contribution in [0.2, 0.25) is 0 Å². The Hall–Kier alpha value is -1.06. The molecule has 2 rings (SSSR count). The molecule has 0 bridgehead atoms. The highest BCUT2D eigenvalue weighted by Crippen LogP contribution is 2.36. The Kier molecular flexibility index (Phi) is 2.93. The van der Waals surface area contributed by atoms with Crippen molar-refractivity contribution in [2.45, 2.75) is 19.1 Å². The highest BCUT2D eigenvalue weighted by Gasteiger charge is 2.26. The normalized spacial score (nSPS) is 24.7. The largest absolute Gasteiger partial charge is 0.496 e. The molecule has 0 saturated carbocycles. The topological polar surface area (TPSA) is 30.5 Å². The third kappa shape index (κ3) is 1.73. The van der Waals surface area contributed by atoms with Crippen LogP contribution < -0.4 is 10.1 Å². The second-order valence-corrected chi connectivity index (χ2v) is 3.82. The average Bonchev–Trinajstić information content (AvgIpc) is 2.29. The van der Waals surface area contributed by atoms with Crippen LogP contribution in [0.25, 0.3) is 0 Å². The molecule has 1 heterocycles. The number of nitrogens with one attached hydrogen (secondary N) is 1. The van der Waals surface area contributed by atoms with Gasteiger partial charge in [0.1, 0.15) is 5.75 Å². The minimum absolute atomic E-state index is 0.0901. The first kappa shape index (κ1) is 10.5. The van der Waals surface area contributed by atoms with E-state index in [0.29, 0.717) is 6.04 Å². The Morgan fingerprint density at radius 2 is 2.13 bits per heavy atom. The molecule has 1 aromatic carbocycles. The lowest BCUT2D eigenvalue weighted by Crippen LogP contribution is -2.32. The highest BCUT2D eigenvalue weighted by molar-refractivity contribution is 5.45. The maximum atomic E-state index is 5.47. The van der Waals surface area contributed by atoms with Crippen molar-refractivity contribution in [3.05, 3.63) is 29.3 Å². The van der Waals surface area contributed by atoms with Crippen molar-refractivity contribution < 1.29 is 9.47 Å². The summed E-state index contributed by atoms with van der Waals surface area (Å²) >= 11 is 0. The van der Waals surface area contributed by atoms with Crippen molar-refractivity contribution in [1.82, 2.24) is 5.32 Å². The van der Waals surface area contributed by atoms with Crippen molar-refractivity contribution in [2.24, 2.45) is 0 Å². The Morgan fingerprint density at radius 1 is 1.33 bits per heavy atom. The molecule has 0 saturated heterocycles. The molecule has 1 unspecified atom stereocenters. The number of methoxy groups -OCH3 is 2. The minimum Gasteiger partial charge on any atom is -0.496 e. The zero-order valence-electron chi connectivity index (χ0n) is 9.41. The monoisotopic (exact) mass is 207 g/mol. The molecule has 1 N–H and O–H groups in total. The minimum atomic E-state index is 0.0901. The van der Waals surface area contributed by atoms with Crippen LogP contribution in [0.1, 0.15) is 30.2 Å². The molecule has 3 heteroatoms. The molecule has 1 aromatic rings. The fourth-order valence-corrected chi connectivity index (χ4v) is 2.16. The number of benzene rings is 1. The summed E-state index contributed by atoms with van der Waals surface area (Å²) in [6.45, 7) is 3.00. The first-order valence-electron chi connectivity index (χ1n) is 5.21. The van der Waals surface area contributed by atoms with Crippen molar-refractivity contribution in [2.75, 3.05) is 20.8 Å². The predicted octanol–water partition coefficient (Wildman–Crippen LogP) is 2.05. The van der Waals surface area contributed by atoms with E-state index in [1.54, 1.807) is 14.2 Å². The number of rotatable bonds is 2. The summed E-state index contributed by atoms with van der Waals surface area (Å²) in [6.07, 6.45) is 0.0901. The fraction of sp³-hybridized carbons (Fsp3) is 0.500. The first-order chi connectivity index (χ1) is 7.27. The zero-order valence-corrected chi connectivity index (χ0v) is 9.41. The van der Waals surface area contributed by atoms with Crippen LogP contribution in [0, 0.1) is 0 Å². The maximum Gasteiger partial charge on any atom is 0.125 e. The second kappa shape index (κ2) is 4.21. The van der Waals surface area contributed by atoms with Gasteiger partial charge in [-0.2, -0.15) is 0 Å². The van der Waals surface area contributed by atoms with Gasteiger partial charge in [0.2, 0.25) is 0 Å². The van der Waals surface area contributed by atoms with Gasteiger partial charge >= 0.3 is 0 Å². The van der Waals surface area contributed by atoms with Crippen LogP contribution in [0.3, 0.4) is 0 Å². The Labute approximate surface area is 90.4 Å². The van der Waals surface area contributed by atoms with Crippen LogP contribution in [0.4, 0.5) is 0 Å². The van der Waals surface area contributed by atoms with Gasteiger partial charge in [0.25, 0.3) is 0 Å². The van der Waals surface area contributed by atoms with E-state index < -0.39 is 0 Å². The van der Waals surface area contributed by atoms with Gasteiger partial charge in [-0.25, -0.2) is 0 Å². The number of ether oxygens (including phenoxy) is 2. The van der Waals surface area contributed by atoms with Crippen LogP contribution in [0.15, 0.2) is 18.2 Å².